The Morgan fingerprint density at radius 2 is 1.50 bits per heavy atom. The van der Waals surface area contributed by atoms with Crippen LogP contribution < -0.4 is 0 Å². The van der Waals surface area contributed by atoms with Gasteiger partial charge in [-0.25, -0.2) is 0 Å². The molecule has 1 unspecified atom stereocenters. The van der Waals surface area contributed by atoms with Crippen LogP contribution in [0.4, 0.5) is 0 Å². The van der Waals surface area contributed by atoms with E-state index in [4.69, 9.17) is 0 Å². The highest BCUT2D eigenvalue weighted by atomic mass is 16.3. The topological polar surface area (TPSA) is 23.2 Å². The first-order valence-corrected chi connectivity index (χ1v) is 6.35. The zero-order chi connectivity index (χ0) is 12.4. The standard InChI is InChI=1S/C16H17NO/c18-12-15-16(14-9-5-2-6-10-14)17(15)11-13-7-3-1-4-8-13/h1-10,15-16,18H,11-12H2/t15-,16-,17?/m1/s1. The predicted octanol–water partition coefficient (Wildman–Crippen LogP) is 2.60. The van der Waals surface area contributed by atoms with E-state index in [0.717, 1.165) is 6.54 Å². The van der Waals surface area contributed by atoms with Crippen LogP contribution in [0.5, 0.6) is 0 Å². The van der Waals surface area contributed by atoms with Gasteiger partial charge < -0.3 is 5.11 Å². The molecule has 0 spiro atoms. The van der Waals surface area contributed by atoms with Gasteiger partial charge in [0.25, 0.3) is 0 Å². The number of hydrogen-bond donors (Lipinski definition) is 1. The summed E-state index contributed by atoms with van der Waals surface area (Å²) in [6.07, 6.45) is 0. The molecule has 1 fully saturated rings. The van der Waals surface area contributed by atoms with Gasteiger partial charge in [-0.05, 0) is 11.1 Å². The molecular weight excluding hydrogens is 222 g/mol. The molecule has 2 heteroatoms. The molecule has 1 aliphatic heterocycles. The van der Waals surface area contributed by atoms with E-state index >= 15 is 0 Å². The Labute approximate surface area is 107 Å². The van der Waals surface area contributed by atoms with Crippen LogP contribution in [-0.2, 0) is 6.54 Å². The lowest BCUT2D eigenvalue weighted by molar-refractivity contribution is 0.272. The van der Waals surface area contributed by atoms with E-state index in [2.05, 4.69) is 53.4 Å². The third-order valence-electron chi connectivity index (χ3n) is 3.59. The van der Waals surface area contributed by atoms with E-state index in [1.807, 2.05) is 12.1 Å². The minimum atomic E-state index is 0.229. The van der Waals surface area contributed by atoms with E-state index in [0.29, 0.717) is 6.04 Å². The molecule has 92 valence electrons. The van der Waals surface area contributed by atoms with Crippen molar-refractivity contribution in [1.29, 1.82) is 0 Å². The maximum atomic E-state index is 9.44. The molecule has 1 heterocycles. The molecule has 0 radical (unpaired) electrons. The highest BCUT2D eigenvalue weighted by Crippen LogP contribution is 2.43. The summed E-state index contributed by atoms with van der Waals surface area (Å²) in [5.41, 5.74) is 2.60. The van der Waals surface area contributed by atoms with Crippen molar-refractivity contribution in [3.05, 3.63) is 71.8 Å². The number of benzene rings is 2. The van der Waals surface area contributed by atoms with Crippen LogP contribution in [0, 0.1) is 0 Å². The van der Waals surface area contributed by atoms with Crippen LogP contribution in [-0.4, -0.2) is 22.7 Å². The summed E-state index contributed by atoms with van der Waals surface area (Å²) in [4.78, 5) is 2.34. The molecule has 0 aromatic heterocycles. The van der Waals surface area contributed by atoms with E-state index in [-0.39, 0.29) is 12.6 Å². The fourth-order valence-corrected chi connectivity index (χ4v) is 2.61. The summed E-state index contributed by atoms with van der Waals surface area (Å²) in [7, 11) is 0. The van der Waals surface area contributed by atoms with Crippen molar-refractivity contribution in [3.8, 4) is 0 Å². The maximum Gasteiger partial charge on any atom is 0.0605 e. The van der Waals surface area contributed by atoms with Crippen LogP contribution in [0.25, 0.3) is 0 Å². The summed E-state index contributed by atoms with van der Waals surface area (Å²) < 4.78 is 0. The van der Waals surface area contributed by atoms with Crippen molar-refractivity contribution in [1.82, 2.24) is 4.90 Å². The molecule has 0 saturated carbocycles. The van der Waals surface area contributed by atoms with Gasteiger partial charge in [-0.3, -0.25) is 4.90 Å². The van der Waals surface area contributed by atoms with Gasteiger partial charge in [0.2, 0.25) is 0 Å². The summed E-state index contributed by atoms with van der Waals surface area (Å²) in [5, 5.41) is 9.44. The molecule has 0 bridgehead atoms. The highest BCUT2D eigenvalue weighted by molar-refractivity contribution is 5.28. The first-order valence-electron chi connectivity index (χ1n) is 6.35. The second kappa shape index (κ2) is 4.92. The average Bonchev–Trinajstić information content (AvgIpc) is 3.14. The smallest absolute Gasteiger partial charge is 0.0605 e. The molecule has 1 aliphatic rings. The first kappa shape index (κ1) is 11.5. The molecule has 1 N–H and O–H groups in total. The number of rotatable bonds is 4. The second-order valence-corrected chi connectivity index (χ2v) is 4.76. The zero-order valence-corrected chi connectivity index (χ0v) is 10.2. The molecule has 0 aliphatic carbocycles. The SMILES string of the molecule is OC[C@@H]1[C@@H](c2ccccc2)N1Cc1ccccc1. The van der Waals surface area contributed by atoms with Gasteiger partial charge in [0.1, 0.15) is 0 Å². The van der Waals surface area contributed by atoms with Gasteiger partial charge in [-0.1, -0.05) is 60.7 Å². The lowest BCUT2D eigenvalue weighted by Gasteiger charge is -2.04. The summed E-state index contributed by atoms with van der Waals surface area (Å²) in [5.74, 6) is 0. The molecule has 2 aromatic rings. The summed E-state index contributed by atoms with van der Waals surface area (Å²) >= 11 is 0. The molecule has 0 amide bonds. The Hall–Kier alpha value is -1.64. The van der Waals surface area contributed by atoms with Gasteiger partial charge in [-0.15, -0.1) is 0 Å². The van der Waals surface area contributed by atoms with Crippen LogP contribution in [0.2, 0.25) is 0 Å². The Balaban J connectivity index is 1.74. The summed E-state index contributed by atoms with van der Waals surface area (Å²) in [6.45, 7) is 1.14. The van der Waals surface area contributed by atoms with Gasteiger partial charge in [0.05, 0.1) is 18.7 Å². The monoisotopic (exact) mass is 239 g/mol. The molecular formula is C16H17NO. The maximum absolute atomic E-state index is 9.44. The number of aliphatic hydroxyl groups excluding tert-OH is 1. The minimum absolute atomic E-state index is 0.229. The normalized spacial score (nSPS) is 25.9. The van der Waals surface area contributed by atoms with Crippen molar-refractivity contribution in [2.24, 2.45) is 0 Å². The molecule has 2 nitrogen and oxygen atoms in total. The van der Waals surface area contributed by atoms with Crippen molar-refractivity contribution < 1.29 is 5.11 Å². The summed E-state index contributed by atoms with van der Waals surface area (Å²) in [6, 6.07) is 21.5. The average molecular weight is 239 g/mol. The fourth-order valence-electron chi connectivity index (χ4n) is 2.61. The quantitative estimate of drug-likeness (QED) is 0.829. The van der Waals surface area contributed by atoms with Crippen LogP contribution in [0.1, 0.15) is 17.2 Å². The van der Waals surface area contributed by atoms with Gasteiger partial charge in [0, 0.05) is 6.54 Å². The van der Waals surface area contributed by atoms with Crippen LogP contribution in [0.15, 0.2) is 60.7 Å². The second-order valence-electron chi connectivity index (χ2n) is 4.76. The Morgan fingerprint density at radius 3 is 2.11 bits per heavy atom. The lowest BCUT2D eigenvalue weighted by atomic mass is 10.1. The molecule has 3 rings (SSSR count). The van der Waals surface area contributed by atoms with E-state index in [9.17, 15) is 5.11 Å². The largest absolute Gasteiger partial charge is 0.395 e. The van der Waals surface area contributed by atoms with Crippen molar-refractivity contribution >= 4 is 0 Å². The van der Waals surface area contributed by atoms with E-state index < -0.39 is 0 Å². The Morgan fingerprint density at radius 1 is 0.889 bits per heavy atom. The zero-order valence-electron chi connectivity index (χ0n) is 10.2. The molecule has 2 aromatic carbocycles. The van der Waals surface area contributed by atoms with Crippen molar-refractivity contribution in [2.45, 2.75) is 18.6 Å². The van der Waals surface area contributed by atoms with E-state index in [1.54, 1.807) is 0 Å². The first-order chi connectivity index (χ1) is 8.90. The molecule has 18 heavy (non-hydrogen) atoms. The van der Waals surface area contributed by atoms with Crippen LogP contribution in [0.3, 0.4) is 0 Å². The predicted molar refractivity (Wildman–Crippen MR) is 72.0 cm³/mol. The third kappa shape index (κ3) is 2.17. The number of nitrogens with zero attached hydrogens (tertiary/aromatic N) is 1. The van der Waals surface area contributed by atoms with Gasteiger partial charge >= 0.3 is 0 Å². The lowest BCUT2D eigenvalue weighted by Crippen LogP contribution is -2.04. The molecule has 1 saturated heterocycles. The Bertz CT molecular complexity index is 497. The van der Waals surface area contributed by atoms with Gasteiger partial charge in [-0.2, -0.15) is 0 Å². The number of hydrogen-bond acceptors (Lipinski definition) is 2. The fraction of sp³-hybridized carbons (Fsp3) is 0.250. The van der Waals surface area contributed by atoms with Gasteiger partial charge in [0.15, 0.2) is 0 Å². The molecule has 3 atom stereocenters. The highest BCUT2D eigenvalue weighted by Gasteiger charge is 2.47. The van der Waals surface area contributed by atoms with Crippen LogP contribution >= 0.6 is 0 Å². The Kier molecular flexibility index (Phi) is 3.13. The number of aliphatic hydroxyl groups is 1. The van der Waals surface area contributed by atoms with Crippen molar-refractivity contribution in [3.63, 3.8) is 0 Å². The third-order valence-corrected chi connectivity index (χ3v) is 3.59. The minimum Gasteiger partial charge on any atom is -0.395 e. The van der Waals surface area contributed by atoms with E-state index in [1.165, 1.54) is 11.1 Å². The van der Waals surface area contributed by atoms with Crippen molar-refractivity contribution in [2.75, 3.05) is 6.61 Å².